The summed E-state index contributed by atoms with van der Waals surface area (Å²) in [5.41, 5.74) is 3.55. The van der Waals surface area contributed by atoms with Gasteiger partial charge in [0.25, 0.3) is 5.91 Å². The standard InChI is InChI=1S/C14H16N2O2/c1-10(2)9-18-16-14(17)13-8-7-11-5-3-4-6-12(11)15-13/h3-8,10H,9H2,1-2H3,(H,16,17). The van der Waals surface area contributed by atoms with E-state index in [9.17, 15) is 4.79 Å². The van der Waals surface area contributed by atoms with E-state index in [0.29, 0.717) is 18.2 Å². The highest BCUT2D eigenvalue weighted by molar-refractivity contribution is 5.94. The molecule has 18 heavy (non-hydrogen) atoms. The van der Waals surface area contributed by atoms with Gasteiger partial charge in [0.15, 0.2) is 0 Å². The Balaban J connectivity index is 2.08. The number of carbonyl (C=O) groups excluding carboxylic acids is 1. The van der Waals surface area contributed by atoms with Gasteiger partial charge in [-0.15, -0.1) is 0 Å². The minimum Gasteiger partial charge on any atom is -0.273 e. The lowest BCUT2D eigenvalue weighted by Gasteiger charge is -2.07. The lowest BCUT2D eigenvalue weighted by molar-refractivity contribution is 0.0205. The van der Waals surface area contributed by atoms with Gasteiger partial charge in [-0.3, -0.25) is 9.63 Å². The molecule has 0 bridgehead atoms. The third kappa shape index (κ3) is 3.05. The van der Waals surface area contributed by atoms with E-state index in [2.05, 4.69) is 10.5 Å². The number of hydrogen-bond donors (Lipinski definition) is 1. The molecule has 0 unspecified atom stereocenters. The van der Waals surface area contributed by atoms with Gasteiger partial charge < -0.3 is 0 Å². The fraction of sp³-hybridized carbons (Fsp3) is 0.286. The van der Waals surface area contributed by atoms with Crippen molar-refractivity contribution >= 4 is 16.8 Å². The first kappa shape index (κ1) is 12.5. The lowest BCUT2D eigenvalue weighted by Crippen LogP contribution is -2.26. The molecule has 2 rings (SSSR count). The maximum absolute atomic E-state index is 11.8. The molecular weight excluding hydrogens is 228 g/mol. The number of benzene rings is 1. The van der Waals surface area contributed by atoms with Gasteiger partial charge in [-0.05, 0) is 18.1 Å². The highest BCUT2D eigenvalue weighted by atomic mass is 16.6. The SMILES string of the molecule is CC(C)CONC(=O)c1ccc2ccccc2n1. The van der Waals surface area contributed by atoms with Crippen LogP contribution in [0.2, 0.25) is 0 Å². The van der Waals surface area contributed by atoms with E-state index >= 15 is 0 Å². The molecule has 0 aliphatic carbocycles. The maximum Gasteiger partial charge on any atom is 0.293 e. The molecule has 0 fully saturated rings. The van der Waals surface area contributed by atoms with E-state index < -0.39 is 0 Å². The molecule has 4 nitrogen and oxygen atoms in total. The fourth-order valence-electron chi connectivity index (χ4n) is 1.52. The molecule has 0 radical (unpaired) electrons. The monoisotopic (exact) mass is 244 g/mol. The molecule has 1 aromatic heterocycles. The van der Waals surface area contributed by atoms with Crippen molar-refractivity contribution in [2.45, 2.75) is 13.8 Å². The van der Waals surface area contributed by atoms with Gasteiger partial charge in [0.2, 0.25) is 0 Å². The summed E-state index contributed by atoms with van der Waals surface area (Å²) in [4.78, 5) is 21.1. The van der Waals surface area contributed by atoms with Crippen LogP contribution in [0.3, 0.4) is 0 Å². The van der Waals surface area contributed by atoms with E-state index in [1.54, 1.807) is 6.07 Å². The highest BCUT2D eigenvalue weighted by Crippen LogP contribution is 2.11. The Hall–Kier alpha value is -1.94. The zero-order chi connectivity index (χ0) is 13.0. The summed E-state index contributed by atoms with van der Waals surface area (Å²) in [7, 11) is 0. The Morgan fingerprint density at radius 3 is 2.83 bits per heavy atom. The number of rotatable bonds is 4. The largest absolute Gasteiger partial charge is 0.293 e. The Morgan fingerprint density at radius 1 is 1.28 bits per heavy atom. The van der Waals surface area contributed by atoms with Crippen molar-refractivity contribution in [3.05, 3.63) is 42.1 Å². The van der Waals surface area contributed by atoms with Crippen LogP contribution >= 0.6 is 0 Å². The average Bonchev–Trinajstić information content (AvgIpc) is 2.37. The summed E-state index contributed by atoms with van der Waals surface area (Å²) in [6, 6.07) is 11.2. The molecule has 0 spiro atoms. The predicted octanol–water partition coefficient (Wildman–Crippen LogP) is 2.55. The number of nitrogens with one attached hydrogen (secondary N) is 1. The number of amides is 1. The third-order valence-corrected chi connectivity index (χ3v) is 2.41. The molecule has 0 saturated carbocycles. The van der Waals surface area contributed by atoms with E-state index in [0.717, 1.165) is 10.9 Å². The van der Waals surface area contributed by atoms with E-state index in [-0.39, 0.29) is 5.91 Å². The van der Waals surface area contributed by atoms with Gasteiger partial charge in [0, 0.05) is 5.39 Å². The molecule has 1 heterocycles. The second kappa shape index (κ2) is 5.60. The summed E-state index contributed by atoms with van der Waals surface area (Å²) in [5.74, 6) is 0.0521. The third-order valence-electron chi connectivity index (χ3n) is 2.41. The fourth-order valence-corrected chi connectivity index (χ4v) is 1.52. The number of hydroxylamine groups is 1. The molecular formula is C14H16N2O2. The average molecular weight is 244 g/mol. The molecule has 1 aromatic carbocycles. The highest BCUT2D eigenvalue weighted by Gasteiger charge is 2.08. The van der Waals surface area contributed by atoms with E-state index in [4.69, 9.17) is 4.84 Å². The molecule has 0 atom stereocenters. The van der Waals surface area contributed by atoms with Gasteiger partial charge in [0.05, 0.1) is 12.1 Å². The predicted molar refractivity (Wildman–Crippen MR) is 70.0 cm³/mol. The van der Waals surface area contributed by atoms with Crippen molar-refractivity contribution < 1.29 is 9.63 Å². The van der Waals surface area contributed by atoms with Gasteiger partial charge in [0.1, 0.15) is 5.69 Å². The number of hydrogen-bond acceptors (Lipinski definition) is 3. The zero-order valence-electron chi connectivity index (χ0n) is 10.5. The number of aromatic nitrogens is 1. The van der Waals surface area contributed by atoms with Gasteiger partial charge in [-0.2, -0.15) is 0 Å². The molecule has 0 aliphatic rings. The molecule has 0 saturated heterocycles. The smallest absolute Gasteiger partial charge is 0.273 e. The van der Waals surface area contributed by atoms with Crippen LogP contribution in [0, 0.1) is 5.92 Å². The quantitative estimate of drug-likeness (QED) is 0.841. The number of pyridine rings is 1. The van der Waals surface area contributed by atoms with Crippen LogP contribution in [-0.4, -0.2) is 17.5 Å². The van der Waals surface area contributed by atoms with Crippen molar-refractivity contribution in [1.82, 2.24) is 10.5 Å². The van der Waals surface area contributed by atoms with Crippen LogP contribution in [0.4, 0.5) is 0 Å². The number of fused-ring (bicyclic) bond motifs is 1. The van der Waals surface area contributed by atoms with Crippen LogP contribution in [0.5, 0.6) is 0 Å². The molecule has 2 aromatic rings. The van der Waals surface area contributed by atoms with Gasteiger partial charge in [-0.1, -0.05) is 38.1 Å². The molecule has 4 heteroatoms. The topological polar surface area (TPSA) is 51.2 Å². The summed E-state index contributed by atoms with van der Waals surface area (Å²) < 4.78 is 0. The molecule has 1 amide bonds. The summed E-state index contributed by atoms with van der Waals surface area (Å²) >= 11 is 0. The number of para-hydroxylation sites is 1. The van der Waals surface area contributed by atoms with Crippen molar-refractivity contribution in [3.63, 3.8) is 0 Å². The van der Waals surface area contributed by atoms with Gasteiger partial charge in [-0.25, -0.2) is 10.5 Å². The van der Waals surface area contributed by atoms with Crippen molar-refractivity contribution in [3.8, 4) is 0 Å². The van der Waals surface area contributed by atoms with E-state index in [1.807, 2.05) is 44.2 Å². The first-order chi connectivity index (χ1) is 8.66. The Kier molecular flexibility index (Phi) is 3.89. The summed E-state index contributed by atoms with van der Waals surface area (Å²) in [5, 5.41) is 1.01. The van der Waals surface area contributed by atoms with Gasteiger partial charge >= 0.3 is 0 Å². The first-order valence-electron chi connectivity index (χ1n) is 5.95. The Bertz CT molecular complexity index is 552. The maximum atomic E-state index is 11.8. The molecule has 1 N–H and O–H groups in total. The Morgan fingerprint density at radius 2 is 2.06 bits per heavy atom. The Labute approximate surface area is 106 Å². The second-order valence-corrected chi connectivity index (χ2v) is 4.53. The van der Waals surface area contributed by atoms with Crippen molar-refractivity contribution in [2.75, 3.05) is 6.61 Å². The van der Waals surface area contributed by atoms with Crippen LogP contribution in [0.15, 0.2) is 36.4 Å². The normalized spacial score (nSPS) is 10.8. The summed E-state index contributed by atoms with van der Waals surface area (Å²) in [6.45, 7) is 4.51. The van der Waals surface area contributed by atoms with Crippen LogP contribution in [-0.2, 0) is 4.84 Å². The van der Waals surface area contributed by atoms with Crippen LogP contribution < -0.4 is 5.48 Å². The van der Waals surface area contributed by atoms with Crippen LogP contribution in [0.25, 0.3) is 10.9 Å². The van der Waals surface area contributed by atoms with Crippen LogP contribution in [0.1, 0.15) is 24.3 Å². The minimum absolute atomic E-state index is 0.318. The first-order valence-corrected chi connectivity index (χ1v) is 5.95. The second-order valence-electron chi connectivity index (χ2n) is 4.53. The van der Waals surface area contributed by atoms with E-state index in [1.165, 1.54) is 0 Å². The van der Waals surface area contributed by atoms with Crippen molar-refractivity contribution in [2.24, 2.45) is 5.92 Å². The minimum atomic E-state index is -0.318. The lowest BCUT2D eigenvalue weighted by atomic mass is 10.2. The molecule has 0 aliphatic heterocycles. The number of nitrogens with zero attached hydrogens (tertiary/aromatic N) is 1. The molecule has 94 valence electrons. The number of carbonyl (C=O) groups is 1. The van der Waals surface area contributed by atoms with Crippen molar-refractivity contribution in [1.29, 1.82) is 0 Å². The summed E-state index contributed by atoms with van der Waals surface area (Å²) in [6.07, 6.45) is 0. The zero-order valence-corrected chi connectivity index (χ0v) is 10.5.